The van der Waals surface area contributed by atoms with Crippen molar-refractivity contribution in [3.05, 3.63) is 53.7 Å². The highest BCUT2D eigenvalue weighted by Crippen LogP contribution is 2.61. The second-order valence-corrected chi connectivity index (χ2v) is 10.2. The summed E-state index contributed by atoms with van der Waals surface area (Å²) in [5, 5.41) is 3.40. The smallest absolute Gasteiger partial charge is 0.244 e. The van der Waals surface area contributed by atoms with E-state index in [1.807, 2.05) is 7.05 Å². The van der Waals surface area contributed by atoms with Crippen molar-refractivity contribution in [3.8, 4) is 0 Å². The van der Waals surface area contributed by atoms with Crippen LogP contribution < -0.4 is 5.32 Å². The Bertz CT molecular complexity index is 968. The molecule has 2 aromatic rings. The quantitative estimate of drug-likeness (QED) is 0.835. The number of nitrogens with one attached hydrogen (secondary N) is 1. The maximum Gasteiger partial charge on any atom is 0.244 e. The topological polar surface area (TPSA) is 65.5 Å². The number of nitrogens with zero attached hydrogens (tertiary/aromatic N) is 3. The third-order valence-corrected chi connectivity index (χ3v) is 8.44. The molecule has 0 bridgehead atoms. The molecule has 0 amide bonds. The van der Waals surface area contributed by atoms with E-state index >= 15 is 0 Å². The van der Waals surface area contributed by atoms with Gasteiger partial charge in [0.1, 0.15) is 10.7 Å². The van der Waals surface area contributed by atoms with Crippen LogP contribution in [0.4, 0.5) is 5.82 Å². The number of anilines is 1. The summed E-state index contributed by atoms with van der Waals surface area (Å²) in [5.41, 5.74) is 3.02. The summed E-state index contributed by atoms with van der Waals surface area (Å²) in [5.74, 6) is 2.84. The second-order valence-electron chi connectivity index (χ2n) is 8.22. The molecule has 2 aliphatic carbocycles. The Labute approximate surface area is 166 Å². The largest absolute Gasteiger partial charge is 0.370 e. The first kappa shape index (κ1) is 18.1. The Balaban J connectivity index is 1.20. The lowest BCUT2D eigenvalue weighted by atomic mass is 10.0. The fourth-order valence-electron chi connectivity index (χ4n) is 4.80. The molecule has 3 aliphatic rings. The number of pyridine rings is 1. The lowest BCUT2D eigenvalue weighted by Crippen LogP contribution is -2.47. The third-order valence-electron chi connectivity index (χ3n) is 6.56. The predicted octanol–water partition coefficient (Wildman–Crippen LogP) is 2.02. The summed E-state index contributed by atoms with van der Waals surface area (Å²) < 4.78 is 27.1. The molecule has 3 unspecified atom stereocenters. The van der Waals surface area contributed by atoms with Gasteiger partial charge < -0.3 is 10.2 Å². The summed E-state index contributed by atoms with van der Waals surface area (Å²) in [7, 11) is -1.44. The number of hydrogen-bond donors (Lipinski definition) is 1. The third kappa shape index (κ3) is 3.11. The molecule has 1 saturated carbocycles. The summed E-state index contributed by atoms with van der Waals surface area (Å²) in [6.07, 6.45) is 2.67. The van der Waals surface area contributed by atoms with Crippen molar-refractivity contribution in [2.75, 3.05) is 45.1 Å². The Kier molecular flexibility index (Phi) is 4.41. The lowest BCUT2D eigenvalue weighted by Gasteiger charge is -2.31. The van der Waals surface area contributed by atoms with Crippen LogP contribution in [0.2, 0.25) is 0 Å². The number of benzene rings is 1. The summed E-state index contributed by atoms with van der Waals surface area (Å²) >= 11 is 0. The molecule has 1 saturated heterocycles. The molecule has 2 heterocycles. The monoisotopic (exact) mass is 398 g/mol. The van der Waals surface area contributed by atoms with Gasteiger partial charge in [0.2, 0.25) is 10.0 Å². The first-order chi connectivity index (χ1) is 13.5. The molecule has 1 aromatic heterocycles. The molecule has 1 N–H and O–H groups in total. The van der Waals surface area contributed by atoms with Crippen LogP contribution >= 0.6 is 0 Å². The molecule has 5 rings (SSSR count). The normalized spacial score (nSPS) is 27.2. The highest BCUT2D eigenvalue weighted by Gasteiger charge is 2.54. The van der Waals surface area contributed by atoms with Crippen LogP contribution in [0.5, 0.6) is 0 Å². The number of sulfonamides is 1. The highest BCUT2D eigenvalue weighted by molar-refractivity contribution is 7.89. The van der Waals surface area contributed by atoms with Crippen molar-refractivity contribution in [1.29, 1.82) is 0 Å². The number of hydrogen-bond acceptors (Lipinski definition) is 5. The Morgan fingerprint density at radius 3 is 2.64 bits per heavy atom. The zero-order valence-electron chi connectivity index (χ0n) is 16.1. The van der Waals surface area contributed by atoms with Gasteiger partial charge in [0.15, 0.2) is 0 Å². The summed E-state index contributed by atoms with van der Waals surface area (Å²) in [6, 6.07) is 12.2. The molecule has 28 heavy (non-hydrogen) atoms. The van der Waals surface area contributed by atoms with Crippen molar-refractivity contribution in [2.24, 2.45) is 11.8 Å². The molecular formula is C21H26N4O2S. The molecule has 0 spiro atoms. The number of aromatic nitrogens is 1. The molecular weight excluding hydrogens is 372 g/mol. The zero-order chi connectivity index (χ0) is 19.3. The van der Waals surface area contributed by atoms with Crippen LogP contribution in [0.15, 0.2) is 47.5 Å². The fourth-order valence-corrected chi connectivity index (χ4v) is 6.17. The minimum absolute atomic E-state index is 0.278. The van der Waals surface area contributed by atoms with Crippen molar-refractivity contribution >= 4 is 15.8 Å². The van der Waals surface area contributed by atoms with Crippen LogP contribution in [0.1, 0.15) is 17.0 Å². The van der Waals surface area contributed by atoms with E-state index in [2.05, 4.69) is 39.5 Å². The minimum Gasteiger partial charge on any atom is -0.370 e. The molecule has 1 aliphatic heterocycles. The molecule has 148 valence electrons. The van der Waals surface area contributed by atoms with Crippen LogP contribution in [0, 0.1) is 11.8 Å². The van der Waals surface area contributed by atoms with Gasteiger partial charge in [0.25, 0.3) is 0 Å². The van der Waals surface area contributed by atoms with E-state index in [0.29, 0.717) is 24.9 Å². The first-order valence-corrected chi connectivity index (χ1v) is 11.4. The van der Waals surface area contributed by atoms with Crippen LogP contribution in [-0.2, 0) is 16.4 Å². The summed E-state index contributed by atoms with van der Waals surface area (Å²) in [4.78, 5) is 6.78. The van der Waals surface area contributed by atoms with Gasteiger partial charge in [0, 0.05) is 38.9 Å². The fraction of sp³-hybridized carbons (Fsp3) is 0.476. The van der Waals surface area contributed by atoms with E-state index in [-0.39, 0.29) is 4.90 Å². The highest BCUT2D eigenvalue weighted by atomic mass is 32.2. The van der Waals surface area contributed by atoms with Gasteiger partial charge in [-0.05, 0) is 54.5 Å². The maximum absolute atomic E-state index is 12.8. The van der Waals surface area contributed by atoms with Gasteiger partial charge in [0.05, 0.1) is 0 Å². The van der Waals surface area contributed by atoms with E-state index in [9.17, 15) is 8.42 Å². The van der Waals surface area contributed by atoms with E-state index in [4.69, 9.17) is 0 Å². The van der Waals surface area contributed by atoms with Gasteiger partial charge in [-0.1, -0.05) is 24.3 Å². The minimum atomic E-state index is -3.45. The lowest BCUT2D eigenvalue weighted by molar-refractivity contribution is 0.222. The number of fused-ring (bicyclic) bond motifs is 3. The van der Waals surface area contributed by atoms with E-state index in [1.165, 1.54) is 23.7 Å². The summed E-state index contributed by atoms with van der Waals surface area (Å²) in [6.45, 7) is 3.48. The molecule has 3 atom stereocenters. The van der Waals surface area contributed by atoms with Crippen molar-refractivity contribution in [3.63, 3.8) is 0 Å². The van der Waals surface area contributed by atoms with Crippen molar-refractivity contribution in [2.45, 2.75) is 17.2 Å². The van der Waals surface area contributed by atoms with E-state index in [0.717, 1.165) is 31.4 Å². The molecule has 1 aromatic carbocycles. The predicted molar refractivity (Wildman–Crippen MR) is 109 cm³/mol. The SMILES string of the molecule is CN1CCN(S(=O)(=O)c2ccc(NCC3C4Cc5ccccc5C34)nc2)CC1. The average molecular weight is 399 g/mol. The zero-order valence-corrected chi connectivity index (χ0v) is 16.9. The van der Waals surface area contributed by atoms with E-state index in [1.54, 1.807) is 16.4 Å². The van der Waals surface area contributed by atoms with Gasteiger partial charge in [-0.15, -0.1) is 0 Å². The Morgan fingerprint density at radius 2 is 1.89 bits per heavy atom. The van der Waals surface area contributed by atoms with Gasteiger partial charge >= 0.3 is 0 Å². The number of likely N-dealkylation sites (N-methyl/N-ethyl adjacent to an activating group) is 1. The average Bonchev–Trinajstić information content (AvgIpc) is 3.25. The Morgan fingerprint density at radius 1 is 1.11 bits per heavy atom. The molecule has 2 fully saturated rings. The first-order valence-electron chi connectivity index (χ1n) is 10.0. The molecule has 6 nitrogen and oxygen atoms in total. The van der Waals surface area contributed by atoms with E-state index < -0.39 is 10.0 Å². The van der Waals surface area contributed by atoms with Gasteiger partial charge in [-0.25, -0.2) is 13.4 Å². The van der Waals surface area contributed by atoms with Crippen LogP contribution in [0.3, 0.4) is 0 Å². The van der Waals surface area contributed by atoms with Crippen LogP contribution in [-0.4, -0.2) is 62.4 Å². The number of piperazine rings is 1. The van der Waals surface area contributed by atoms with Crippen LogP contribution in [0.25, 0.3) is 0 Å². The maximum atomic E-state index is 12.8. The molecule has 0 radical (unpaired) electrons. The second kappa shape index (κ2) is 6.83. The number of rotatable bonds is 5. The van der Waals surface area contributed by atoms with Gasteiger partial charge in [-0.2, -0.15) is 4.31 Å². The van der Waals surface area contributed by atoms with Crippen molar-refractivity contribution in [1.82, 2.24) is 14.2 Å². The Hall–Kier alpha value is -1.96. The van der Waals surface area contributed by atoms with Gasteiger partial charge in [-0.3, -0.25) is 0 Å². The standard InChI is InChI=1S/C21H26N4O2S/c1-24-8-10-25(11-9-24)28(26,27)16-6-7-20(22-13-16)23-14-19-18-12-15-4-2-3-5-17(15)21(18)19/h2-7,13,18-19,21H,8-12,14H2,1H3,(H,22,23). The molecule has 7 heteroatoms. The van der Waals surface area contributed by atoms with Crippen molar-refractivity contribution < 1.29 is 8.42 Å².